The van der Waals surface area contributed by atoms with Crippen molar-refractivity contribution in [2.45, 2.75) is 44.6 Å². The van der Waals surface area contributed by atoms with Crippen molar-refractivity contribution in [3.8, 4) is 0 Å². The third kappa shape index (κ3) is 5.11. The molecule has 0 bridgehead atoms. The van der Waals surface area contributed by atoms with Crippen LogP contribution >= 0.6 is 0 Å². The van der Waals surface area contributed by atoms with Crippen molar-refractivity contribution in [3.63, 3.8) is 0 Å². The summed E-state index contributed by atoms with van der Waals surface area (Å²) < 4.78 is 32.3. The number of benzene rings is 1. The number of rotatable bonds is 10. The van der Waals surface area contributed by atoms with Gasteiger partial charge < -0.3 is 8.98 Å². The second kappa shape index (κ2) is 9.21. The van der Waals surface area contributed by atoms with Crippen molar-refractivity contribution in [2.75, 3.05) is 12.8 Å². The van der Waals surface area contributed by atoms with E-state index < -0.39 is 9.84 Å². The van der Waals surface area contributed by atoms with Crippen LogP contribution in [0.5, 0.6) is 0 Å². The highest BCUT2D eigenvalue weighted by atomic mass is 32.2. The van der Waals surface area contributed by atoms with E-state index in [9.17, 15) is 8.42 Å². The van der Waals surface area contributed by atoms with Crippen LogP contribution in [0.3, 0.4) is 0 Å². The molecule has 0 aliphatic carbocycles. The van der Waals surface area contributed by atoms with E-state index in [1.54, 1.807) is 19.4 Å². The molecule has 28 heavy (non-hydrogen) atoms. The minimum atomic E-state index is -3.37. The standard InChI is InChI=1S/C21H27N3O3S/c1-3-28(25,26)21-22-15-19(16-23(2)17-20-12-8-14-27-20)24(21)13-7-11-18-9-5-4-6-10-18/h4-6,8-10,12,14-15H,3,7,11,13,16-17H2,1-2H3. The Hall–Kier alpha value is -2.38. The van der Waals surface area contributed by atoms with Gasteiger partial charge in [-0.3, -0.25) is 4.90 Å². The van der Waals surface area contributed by atoms with Crippen LogP contribution in [0.25, 0.3) is 0 Å². The fourth-order valence-electron chi connectivity index (χ4n) is 3.22. The summed E-state index contributed by atoms with van der Waals surface area (Å²) in [6, 6.07) is 14.0. The van der Waals surface area contributed by atoms with Gasteiger partial charge in [0.2, 0.25) is 15.0 Å². The van der Waals surface area contributed by atoms with E-state index in [0.29, 0.717) is 19.6 Å². The highest BCUT2D eigenvalue weighted by Gasteiger charge is 2.22. The van der Waals surface area contributed by atoms with E-state index in [-0.39, 0.29) is 10.9 Å². The summed E-state index contributed by atoms with van der Waals surface area (Å²) in [4.78, 5) is 6.35. The zero-order chi connectivity index (χ0) is 20.0. The Labute approximate surface area is 166 Å². The maximum absolute atomic E-state index is 12.5. The molecule has 0 N–H and O–H groups in total. The van der Waals surface area contributed by atoms with Gasteiger partial charge in [-0.1, -0.05) is 37.3 Å². The number of aryl methyl sites for hydroxylation is 1. The van der Waals surface area contributed by atoms with Crippen molar-refractivity contribution in [1.82, 2.24) is 14.5 Å². The summed E-state index contributed by atoms with van der Waals surface area (Å²) in [7, 11) is -1.39. The molecule has 0 aliphatic rings. The largest absolute Gasteiger partial charge is 0.468 e. The molecule has 0 unspecified atom stereocenters. The number of hydrogen-bond donors (Lipinski definition) is 0. The van der Waals surface area contributed by atoms with E-state index in [0.717, 1.165) is 24.3 Å². The second-order valence-corrected chi connectivity index (χ2v) is 9.10. The molecule has 7 heteroatoms. The minimum absolute atomic E-state index is 0.0460. The van der Waals surface area contributed by atoms with E-state index in [1.807, 2.05) is 41.9 Å². The van der Waals surface area contributed by atoms with Crippen LogP contribution in [0.1, 0.15) is 30.4 Å². The summed E-state index contributed by atoms with van der Waals surface area (Å²) in [5, 5.41) is 0.171. The maximum atomic E-state index is 12.5. The van der Waals surface area contributed by atoms with Crippen LogP contribution in [0.2, 0.25) is 0 Å². The molecule has 0 amide bonds. The monoisotopic (exact) mass is 401 g/mol. The first-order chi connectivity index (χ1) is 13.5. The topological polar surface area (TPSA) is 68.3 Å². The van der Waals surface area contributed by atoms with Gasteiger partial charge in [0.15, 0.2) is 0 Å². The Kier molecular flexibility index (Phi) is 6.70. The summed E-state index contributed by atoms with van der Waals surface area (Å²) in [5.74, 6) is 0.920. The van der Waals surface area contributed by atoms with Gasteiger partial charge in [-0.2, -0.15) is 0 Å². The molecule has 0 aliphatic heterocycles. The molecule has 0 saturated heterocycles. The predicted molar refractivity (Wildman–Crippen MR) is 109 cm³/mol. The van der Waals surface area contributed by atoms with Gasteiger partial charge in [0.25, 0.3) is 0 Å². The first kappa shape index (κ1) is 20.4. The molecule has 0 atom stereocenters. The number of nitrogens with zero attached hydrogens (tertiary/aromatic N) is 3. The lowest BCUT2D eigenvalue weighted by atomic mass is 10.1. The average Bonchev–Trinajstić information content (AvgIpc) is 3.33. The van der Waals surface area contributed by atoms with E-state index in [2.05, 4.69) is 22.0 Å². The quantitative estimate of drug-likeness (QED) is 0.520. The van der Waals surface area contributed by atoms with Crippen molar-refractivity contribution in [1.29, 1.82) is 0 Å². The SMILES string of the molecule is CCS(=O)(=O)c1ncc(CN(C)Cc2ccco2)n1CCCc1ccccc1. The van der Waals surface area contributed by atoms with Gasteiger partial charge in [0.05, 0.1) is 30.5 Å². The van der Waals surface area contributed by atoms with Gasteiger partial charge in [0.1, 0.15) is 5.76 Å². The summed E-state index contributed by atoms with van der Waals surface area (Å²) >= 11 is 0. The molecule has 0 spiro atoms. The van der Waals surface area contributed by atoms with E-state index in [1.165, 1.54) is 5.56 Å². The Balaban J connectivity index is 1.75. The van der Waals surface area contributed by atoms with Gasteiger partial charge in [-0.15, -0.1) is 0 Å². The fourth-order valence-corrected chi connectivity index (χ4v) is 4.24. The summed E-state index contributed by atoms with van der Waals surface area (Å²) in [6.07, 6.45) is 5.08. The number of furan rings is 1. The van der Waals surface area contributed by atoms with Gasteiger partial charge in [-0.25, -0.2) is 13.4 Å². The van der Waals surface area contributed by atoms with Gasteiger partial charge >= 0.3 is 0 Å². The van der Waals surface area contributed by atoms with Gasteiger partial charge in [-0.05, 0) is 37.6 Å². The van der Waals surface area contributed by atoms with Crippen molar-refractivity contribution in [2.24, 2.45) is 0 Å². The van der Waals surface area contributed by atoms with Crippen molar-refractivity contribution in [3.05, 3.63) is 71.9 Å². The molecule has 3 aromatic rings. The number of sulfone groups is 1. The van der Waals surface area contributed by atoms with Crippen LogP contribution in [0.4, 0.5) is 0 Å². The molecule has 2 heterocycles. The highest BCUT2D eigenvalue weighted by molar-refractivity contribution is 7.91. The lowest BCUT2D eigenvalue weighted by Crippen LogP contribution is -2.21. The van der Waals surface area contributed by atoms with Crippen LogP contribution < -0.4 is 0 Å². The maximum Gasteiger partial charge on any atom is 0.227 e. The molecule has 0 radical (unpaired) electrons. The van der Waals surface area contributed by atoms with Crippen LogP contribution in [-0.4, -0.2) is 35.7 Å². The molecule has 6 nitrogen and oxygen atoms in total. The van der Waals surface area contributed by atoms with E-state index >= 15 is 0 Å². The Bertz CT molecular complexity index is 964. The normalized spacial score (nSPS) is 12.0. The van der Waals surface area contributed by atoms with Crippen molar-refractivity contribution < 1.29 is 12.8 Å². The minimum Gasteiger partial charge on any atom is -0.468 e. The molecular formula is C21H27N3O3S. The van der Waals surface area contributed by atoms with Crippen LogP contribution in [0.15, 0.2) is 64.5 Å². The highest BCUT2D eigenvalue weighted by Crippen LogP contribution is 2.17. The smallest absolute Gasteiger partial charge is 0.227 e. The lowest BCUT2D eigenvalue weighted by Gasteiger charge is -2.17. The Morgan fingerprint density at radius 2 is 1.89 bits per heavy atom. The molecule has 0 saturated carbocycles. The molecule has 1 aromatic carbocycles. The molecule has 150 valence electrons. The van der Waals surface area contributed by atoms with Crippen LogP contribution in [0, 0.1) is 0 Å². The summed E-state index contributed by atoms with van der Waals surface area (Å²) in [5.41, 5.74) is 2.15. The molecule has 0 fully saturated rings. The third-order valence-electron chi connectivity index (χ3n) is 4.69. The second-order valence-electron chi connectivity index (χ2n) is 6.93. The average molecular weight is 402 g/mol. The van der Waals surface area contributed by atoms with Gasteiger partial charge in [0, 0.05) is 13.1 Å². The lowest BCUT2D eigenvalue weighted by molar-refractivity contribution is 0.279. The zero-order valence-corrected chi connectivity index (χ0v) is 17.2. The van der Waals surface area contributed by atoms with E-state index in [4.69, 9.17) is 4.42 Å². The predicted octanol–water partition coefficient (Wildman–Crippen LogP) is 3.53. The summed E-state index contributed by atoms with van der Waals surface area (Å²) in [6.45, 7) is 3.52. The zero-order valence-electron chi connectivity index (χ0n) is 16.4. The third-order valence-corrected chi connectivity index (χ3v) is 6.33. The van der Waals surface area contributed by atoms with Crippen LogP contribution in [-0.2, 0) is 35.9 Å². The first-order valence-corrected chi connectivity index (χ1v) is 11.2. The molecule has 3 rings (SSSR count). The Morgan fingerprint density at radius 3 is 2.57 bits per heavy atom. The number of imidazole rings is 1. The fraction of sp³-hybridized carbons (Fsp3) is 0.381. The first-order valence-electron chi connectivity index (χ1n) is 9.51. The van der Waals surface area contributed by atoms with Crippen molar-refractivity contribution >= 4 is 9.84 Å². The number of hydrogen-bond acceptors (Lipinski definition) is 5. The molecular weight excluding hydrogens is 374 g/mol. The molecule has 2 aromatic heterocycles. The Morgan fingerprint density at radius 1 is 1.11 bits per heavy atom. The number of aromatic nitrogens is 2.